The first kappa shape index (κ1) is 20.7. The van der Waals surface area contributed by atoms with Crippen LogP contribution in [0.4, 0.5) is 5.69 Å². The molecule has 1 unspecified atom stereocenters. The number of ether oxygens (including phenoxy) is 1. The fourth-order valence-corrected chi connectivity index (χ4v) is 2.56. The van der Waals surface area contributed by atoms with Crippen LogP contribution in [0.1, 0.15) is 30.1 Å². The smallest absolute Gasteiger partial charge is 0.252 e. The molecule has 0 radical (unpaired) electrons. The molecule has 134 valence electrons. The Morgan fingerprint density at radius 1 is 1.42 bits per heavy atom. The molecule has 8 heteroatoms. The molecule has 1 aromatic carbocycles. The average Bonchev–Trinajstić information content (AvgIpc) is 2.53. The van der Waals surface area contributed by atoms with Gasteiger partial charge in [0, 0.05) is 31.2 Å². The predicted octanol–water partition coefficient (Wildman–Crippen LogP) is 2.22. The molecule has 1 aromatic rings. The lowest BCUT2D eigenvalue weighted by Gasteiger charge is -2.23. The van der Waals surface area contributed by atoms with Gasteiger partial charge in [0.2, 0.25) is 5.91 Å². The Balaban J connectivity index is 0.00000288. The Morgan fingerprint density at radius 3 is 2.83 bits per heavy atom. The lowest BCUT2D eigenvalue weighted by atomic mass is 10.1. The van der Waals surface area contributed by atoms with Crippen molar-refractivity contribution >= 4 is 41.5 Å². The van der Waals surface area contributed by atoms with E-state index >= 15 is 0 Å². The Labute approximate surface area is 153 Å². The van der Waals surface area contributed by atoms with Crippen LogP contribution in [0.5, 0.6) is 0 Å². The summed E-state index contributed by atoms with van der Waals surface area (Å²) in [5.74, 6) is -0.328. The maximum Gasteiger partial charge on any atom is 0.252 e. The minimum absolute atomic E-state index is 0. The lowest BCUT2D eigenvalue weighted by molar-refractivity contribution is -0.117. The lowest BCUT2D eigenvalue weighted by Crippen LogP contribution is -2.43. The van der Waals surface area contributed by atoms with Gasteiger partial charge in [-0.1, -0.05) is 18.5 Å². The minimum atomic E-state index is -0.210. The first-order valence-corrected chi connectivity index (χ1v) is 8.16. The molecule has 1 heterocycles. The molecule has 1 atom stereocenters. The van der Waals surface area contributed by atoms with Crippen LogP contribution >= 0.6 is 24.0 Å². The molecule has 0 saturated carbocycles. The van der Waals surface area contributed by atoms with Gasteiger partial charge in [0.15, 0.2) is 0 Å². The van der Waals surface area contributed by atoms with Crippen molar-refractivity contribution in [1.82, 2.24) is 10.6 Å². The molecule has 2 rings (SSSR count). The molecule has 2 amide bonds. The van der Waals surface area contributed by atoms with Crippen molar-refractivity contribution in [3.05, 3.63) is 28.8 Å². The van der Waals surface area contributed by atoms with E-state index in [0.717, 1.165) is 13.0 Å². The molecule has 0 spiro atoms. The van der Waals surface area contributed by atoms with Crippen molar-refractivity contribution in [3.63, 3.8) is 0 Å². The van der Waals surface area contributed by atoms with Gasteiger partial charge in [0.25, 0.3) is 5.91 Å². The summed E-state index contributed by atoms with van der Waals surface area (Å²) >= 11 is 6.13. The molecule has 24 heavy (non-hydrogen) atoms. The first-order chi connectivity index (χ1) is 11.1. The van der Waals surface area contributed by atoms with Gasteiger partial charge in [-0.25, -0.2) is 0 Å². The molecule has 1 aliphatic rings. The van der Waals surface area contributed by atoms with Crippen LogP contribution in [-0.2, 0) is 9.53 Å². The van der Waals surface area contributed by atoms with E-state index in [4.69, 9.17) is 16.3 Å². The Kier molecular flexibility index (Phi) is 9.07. The number of hydrogen-bond donors (Lipinski definition) is 3. The largest absolute Gasteiger partial charge is 0.378 e. The zero-order valence-electron chi connectivity index (χ0n) is 13.6. The van der Waals surface area contributed by atoms with Crippen molar-refractivity contribution in [2.75, 3.05) is 31.6 Å². The normalized spacial score (nSPS) is 16.8. The Morgan fingerprint density at radius 2 is 2.21 bits per heavy atom. The summed E-state index contributed by atoms with van der Waals surface area (Å²) in [4.78, 5) is 23.9. The third-order valence-corrected chi connectivity index (χ3v) is 3.78. The van der Waals surface area contributed by atoms with E-state index in [2.05, 4.69) is 16.0 Å². The first-order valence-electron chi connectivity index (χ1n) is 7.79. The van der Waals surface area contributed by atoms with Gasteiger partial charge in [-0.15, -0.1) is 12.4 Å². The van der Waals surface area contributed by atoms with Crippen molar-refractivity contribution in [1.29, 1.82) is 0 Å². The van der Waals surface area contributed by atoms with Gasteiger partial charge < -0.3 is 20.7 Å². The summed E-state index contributed by atoms with van der Waals surface area (Å²) in [6, 6.07) is 4.91. The summed E-state index contributed by atoms with van der Waals surface area (Å²) in [7, 11) is 0. The third-order valence-electron chi connectivity index (χ3n) is 3.46. The van der Waals surface area contributed by atoms with Crippen LogP contribution in [0.3, 0.4) is 0 Å². The fourth-order valence-electron chi connectivity index (χ4n) is 2.30. The molecule has 1 aliphatic heterocycles. The van der Waals surface area contributed by atoms with Gasteiger partial charge in [0.05, 0.1) is 23.8 Å². The molecular weight excluding hydrogens is 353 g/mol. The summed E-state index contributed by atoms with van der Waals surface area (Å²) < 4.78 is 5.32. The quantitative estimate of drug-likeness (QED) is 0.711. The highest BCUT2D eigenvalue weighted by molar-refractivity contribution is 6.34. The summed E-state index contributed by atoms with van der Waals surface area (Å²) in [5.41, 5.74) is 0.976. The van der Waals surface area contributed by atoms with Crippen LogP contribution in [-0.4, -0.2) is 44.2 Å². The highest BCUT2D eigenvalue weighted by atomic mass is 35.5. The Hall–Kier alpha value is -1.34. The molecule has 0 aliphatic carbocycles. The summed E-state index contributed by atoms with van der Waals surface area (Å²) in [5, 5.41) is 9.10. The van der Waals surface area contributed by atoms with E-state index in [9.17, 15) is 9.59 Å². The van der Waals surface area contributed by atoms with Crippen LogP contribution in [0.25, 0.3) is 0 Å². The van der Waals surface area contributed by atoms with E-state index in [1.807, 2.05) is 6.92 Å². The van der Waals surface area contributed by atoms with Crippen molar-refractivity contribution < 1.29 is 14.3 Å². The highest BCUT2D eigenvalue weighted by Gasteiger charge is 2.17. The fraction of sp³-hybridized carbons (Fsp3) is 0.500. The molecule has 1 saturated heterocycles. The van der Waals surface area contributed by atoms with E-state index in [-0.39, 0.29) is 30.3 Å². The van der Waals surface area contributed by atoms with Crippen molar-refractivity contribution in [3.8, 4) is 0 Å². The van der Waals surface area contributed by atoms with E-state index in [1.54, 1.807) is 18.2 Å². The number of amides is 2. The van der Waals surface area contributed by atoms with Gasteiger partial charge in [-0.3, -0.25) is 9.59 Å². The van der Waals surface area contributed by atoms with Crippen molar-refractivity contribution in [2.45, 2.75) is 25.8 Å². The second kappa shape index (κ2) is 10.5. The number of halogens is 2. The standard InChI is InChI=1S/C16H22ClN3O3.ClH/c1-2-5-19-16(22)13-4-3-11(8-14(13)17)20-15(21)9-12-10-23-7-6-18-12;/h3-4,8,12,18H,2,5-7,9-10H2,1H3,(H,19,22)(H,20,21);1H. The number of anilines is 1. The Bertz CT molecular complexity index is 563. The number of carbonyl (C=O) groups excluding carboxylic acids is 2. The summed E-state index contributed by atoms with van der Waals surface area (Å²) in [6.07, 6.45) is 1.19. The number of rotatable bonds is 6. The molecule has 3 N–H and O–H groups in total. The van der Waals surface area contributed by atoms with Crippen molar-refractivity contribution in [2.24, 2.45) is 0 Å². The van der Waals surface area contributed by atoms with E-state index in [1.165, 1.54) is 0 Å². The van der Waals surface area contributed by atoms with Gasteiger partial charge >= 0.3 is 0 Å². The van der Waals surface area contributed by atoms with Crippen LogP contribution in [0.15, 0.2) is 18.2 Å². The van der Waals surface area contributed by atoms with Gasteiger partial charge in [0.1, 0.15) is 0 Å². The zero-order chi connectivity index (χ0) is 16.7. The third kappa shape index (κ3) is 6.28. The monoisotopic (exact) mass is 375 g/mol. The van der Waals surface area contributed by atoms with Gasteiger partial charge in [-0.05, 0) is 24.6 Å². The SMILES string of the molecule is CCCNC(=O)c1ccc(NC(=O)CC2COCCN2)cc1Cl.Cl. The second-order valence-electron chi connectivity index (χ2n) is 5.43. The molecule has 1 fully saturated rings. The van der Waals surface area contributed by atoms with E-state index < -0.39 is 0 Å². The number of benzene rings is 1. The number of morpholine rings is 1. The molecule has 6 nitrogen and oxygen atoms in total. The van der Waals surface area contributed by atoms with E-state index in [0.29, 0.717) is 42.5 Å². The molecule has 0 aromatic heterocycles. The van der Waals surface area contributed by atoms with Crippen LogP contribution in [0.2, 0.25) is 5.02 Å². The number of carbonyl (C=O) groups is 2. The van der Waals surface area contributed by atoms with Crippen LogP contribution in [0, 0.1) is 0 Å². The van der Waals surface area contributed by atoms with Gasteiger partial charge in [-0.2, -0.15) is 0 Å². The minimum Gasteiger partial charge on any atom is -0.378 e. The average molecular weight is 376 g/mol. The zero-order valence-corrected chi connectivity index (χ0v) is 15.1. The van der Waals surface area contributed by atoms with Crippen LogP contribution < -0.4 is 16.0 Å². The maximum absolute atomic E-state index is 12.0. The second-order valence-corrected chi connectivity index (χ2v) is 5.84. The molecular formula is C16H23Cl2N3O3. The number of nitrogens with one attached hydrogen (secondary N) is 3. The predicted molar refractivity (Wildman–Crippen MR) is 97.2 cm³/mol. The summed E-state index contributed by atoms with van der Waals surface area (Å²) in [6.45, 7) is 4.54. The topological polar surface area (TPSA) is 79.5 Å². The number of hydrogen-bond acceptors (Lipinski definition) is 4. The maximum atomic E-state index is 12.0. The highest BCUT2D eigenvalue weighted by Crippen LogP contribution is 2.21. The molecule has 0 bridgehead atoms.